The predicted octanol–water partition coefficient (Wildman–Crippen LogP) is 2.77. The van der Waals surface area contributed by atoms with Crippen LogP contribution in [0.1, 0.15) is 25.8 Å². The molecule has 23 heavy (non-hydrogen) atoms. The van der Waals surface area contributed by atoms with Gasteiger partial charge in [-0.25, -0.2) is 4.39 Å². The summed E-state index contributed by atoms with van der Waals surface area (Å²) in [7, 11) is 0. The molecule has 3 rings (SSSR count). The number of carbonyl (C=O) groups is 1. The Hall–Kier alpha value is -1.17. The largest absolute Gasteiger partial charge is 0.378 e. The number of benzene rings is 1. The molecule has 6 heteroatoms. The van der Waals surface area contributed by atoms with Crippen molar-refractivity contribution >= 4 is 17.5 Å². The third-order valence-corrected chi connectivity index (χ3v) is 4.98. The highest BCUT2D eigenvalue weighted by Crippen LogP contribution is 2.33. The molecule has 0 bridgehead atoms. The van der Waals surface area contributed by atoms with Gasteiger partial charge >= 0.3 is 0 Å². The van der Waals surface area contributed by atoms with Gasteiger partial charge in [-0.2, -0.15) is 0 Å². The fourth-order valence-electron chi connectivity index (χ4n) is 3.35. The minimum Gasteiger partial charge on any atom is -0.378 e. The van der Waals surface area contributed by atoms with Crippen molar-refractivity contribution in [3.05, 3.63) is 34.6 Å². The Balaban J connectivity index is 1.83. The number of hydrogen-bond donors (Lipinski definition) is 0. The molecule has 1 amide bonds. The summed E-state index contributed by atoms with van der Waals surface area (Å²) in [5.41, 5.74) is -1.01. The fraction of sp³-hybridized carbons (Fsp3) is 0.588. The summed E-state index contributed by atoms with van der Waals surface area (Å²) in [4.78, 5) is 14.8. The lowest BCUT2D eigenvalue weighted by molar-refractivity contribution is -0.155. The zero-order valence-corrected chi connectivity index (χ0v) is 14.2. The molecule has 1 atom stereocenters. The van der Waals surface area contributed by atoms with Crippen LogP contribution in [0.5, 0.6) is 0 Å². The Kier molecular flexibility index (Phi) is 4.38. The fourth-order valence-corrected chi connectivity index (χ4v) is 3.51. The SMILES string of the molecule is CC(C)(C(=O)N1CCO[C@]2(CCOC2)C1)c1ccc(Cl)cc1F. The summed E-state index contributed by atoms with van der Waals surface area (Å²) in [6, 6.07) is 4.45. The highest BCUT2D eigenvalue weighted by Gasteiger charge is 2.45. The van der Waals surface area contributed by atoms with Crippen LogP contribution >= 0.6 is 11.6 Å². The molecular formula is C17H21ClFNO3. The topological polar surface area (TPSA) is 38.8 Å². The molecule has 2 aliphatic heterocycles. The Bertz CT molecular complexity index is 614. The molecule has 0 radical (unpaired) electrons. The van der Waals surface area contributed by atoms with Crippen molar-refractivity contribution in [3.8, 4) is 0 Å². The first-order valence-corrected chi connectivity index (χ1v) is 8.18. The van der Waals surface area contributed by atoms with Gasteiger partial charge in [-0.15, -0.1) is 0 Å². The number of halogens is 2. The monoisotopic (exact) mass is 341 g/mol. The van der Waals surface area contributed by atoms with Gasteiger partial charge in [0, 0.05) is 30.2 Å². The first kappa shape index (κ1) is 16.7. The number of rotatable bonds is 2. The van der Waals surface area contributed by atoms with Crippen LogP contribution in [0.4, 0.5) is 4.39 Å². The van der Waals surface area contributed by atoms with Gasteiger partial charge < -0.3 is 14.4 Å². The maximum atomic E-state index is 14.3. The van der Waals surface area contributed by atoms with E-state index in [1.807, 2.05) is 0 Å². The molecule has 1 spiro atoms. The molecule has 1 aromatic rings. The number of morpholine rings is 1. The van der Waals surface area contributed by atoms with Gasteiger partial charge in [0.15, 0.2) is 0 Å². The summed E-state index contributed by atoms with van der Waals surface area (Å²) in [5, 5.41) is 0.322. The normalized spacial score (nSPS) is 25.1. The molecule has 0 unspecified atom stereocenters. The molecule has 2 saturated heterocycles. The van der Waals surface area contributed by atoms with Crippen LogP contribution in [0.2, 0.25) is 5.02 Å². The van der Waals surface area contributed by atoms with E-state index in [-0.39, 0.29) is 5.91 Å². The van der Waals surface area contributed by atoms with Crippen LogP contribution in [0.15, 0.2) is 18.2 Å². The zero-order chi connectivity index (χ0) is 16.7. The van der Waals surface area contributed by atoms with Crippen LogP contribution in [0, 0.1) is 5.82 Å². The Labute approximate surface area is 140 Å². The summed E-state index contributed by atoms with van der Waals surface area (Å²) < 4.78 is 25.6. The minimum absolute atomic E-state index is 0.103. The molecule has 1 aromatic carbocycles. The number of nitrogens with zero attached hydrogens (tertiary/aromatic N) is 1. The van der Waals surface area contributed by atoms with E-state index in [0.29, 0.717) is 43.5 Å². The predicted molar refractivity (Wildman–Crippen MR) is 85.1 cm³/mol. The van der Waals surface area contributed by atoms with E-state index in [2.05, 4.69) is 0 Å². The van der Waals surface area contributed by atoms with Gasteiger partial charge in [0.2, 0.25) is 5.91 Å². The summed E-state index contributed by atoms with van der Waals surface area (Å²) in [5.74, 6) is -0.559. The number of hydrogen-bond acceptors (Lipinski definition) is 3. The van der Waals surface area contributed by atoms with E-state index in [1.165, 1.54) is 6.07 Å². The van der Waals surface area contributed by atoms with E-state index in [0.717, 1.165) is 6.42 Å². The molecule has 0 saturated carbocycles. The molecule has 0 N–H and O–H groups in total. The van der Waals surface area contributed by atoms with Crippen LogP contribution in [0.25, 0.3) is 0 Å². The van der Waals surface area contributed by atoms with Crippen molar-refractivity contribution in [2.75, 3.05) is 32.9 Å². The van der Waals surface area contributed by atoms with Gasteiger partial charge in [0.1, 0.15) is 11.4 Å². The summed E-state index contributed by atoms with van der Waals surface area (Å²) in [6.45, 7) is 6.13. The molecule has 2 heterocycles. The van der Waals surface area contributed by atoms with Gasteiger partial charge in [-0.3, -0.25) is 4.79 Å². The van der Waals surface area contributed by atoms with Crippen LogP contribution in [-0.4, -0.2) is 49.3 Å². The maximum Gasteiger partial charge on any atom is 0.232 e. The number of amides is 1. The maximum absolute atomic E-state index is 14.3. The van der Waals surface area contributed by atoms with Crippen molar-refractivity contribution in [2.45, 2.75) is 31.3 Å². The van der Waals surface area contributed by atoms with Crippen molar-refractivity contribution < 1.29 is 18.7 Å². The standard InChI is InChI=1S/C17H21ClFNO3/c1-16(2,13-4-3-12(18)9-14(13)19)15(21)20-6-8-23-17(10-20)5-7-22-11-17/h3-4,9H,5-8,10-11H2,1-2H3/t17-/m1/s1. The quantitative estimate of drug-likeness (QED) is 0.830. The highest BCUT2D eigenvalue weighted by molar-refractivity contribution is 6.30. The lowest BCUT2D eigenvalue weighted by atomic mass is 9.82. The van der Waals surface area contributed by atoms with Gasteiger partial charge in [0.05, 0.1) is 25.2 Å². The molecule has 4 nitrogen and oxygen atoms in total. The third-order valence-electron chi connectivity index (χ3n) is 4.74. The van der Waals surface area contributed by atoms with E-state index < -0.39 is 16.8 Å². The smallest absolute Gasteiger partial charge is 0.232 e. The number of ether oxygens (including phenoxy) is 2. The molecule has 2 aliphatic rings. The van der Waals surface area contributed by atoms with Gasteiger partial charge in [0.25, 0.3) is 0 Å². The minimum atomic E-state index is -0.966. The lowest BCUT2D eigenvalue weighted by Crippen LogP contribution is -2.57. The zero-order valence-electron chi connectivity index (χ0n) is 13.4. The number of carbonyl (C=O) groups excluding carboxylic acids is 1. The Morgan fingerprint density at radius 1 is 1.39 bits per heavy atom. The first-order chi connectivity index (χ1) is 10.8. The van der Waals surface area contributed by atoms with Crippen LogP contribution < -0.4 is 0 Å². The third kappa shape index (κ3) is 3.10. The van der Waals surface area contributed by atoms with Crippen molar-refractivity contribution in [1.29, 1.82) is 0 Å². The van der Waals surface area contributed by atoms with Crippen molar-refractivity contribution in [2.24, 2.45) is 0 Å². The van der Waals surface area contributed by atoms with E-state index in [9.17, 15) is 9.18 Å². The molecule has 2 fully saturated rings. The average molecular weight is 342 g/mol. The van der Waals surface area contributed by atoms with Crippen LogP contribution in [-0.2, 0) is 19.7 Å². The lowest BCUT2D eigenvalue weighted by Gasteiger charge is -2.42. The molecular weight excluding hydrogens is 321 g/mol. The van der Waals surface area contributed by atoms with Gasteiger partial charge in [-0.1, -0.05) is 17.7 Å². The van der Waals surface area contributed by atoms with Gasteiger partial charge in [-0.05, 0) is 26.0 Å². The second-order valence-corrected chi connectivity index (χ2v) is 7.25. The van der Waals surface area contributed by atoms with Crippen molar-refractivity contribution in [1.82, 2.24) is 4.90 Å². The van der Waals surface area contributed by atoms with E-state index in [4.69, 9.17) is 21.1 Å². The van der Waals surface area contributed by atoms with E-state index >= 15 is 0 Å². The molecule has 0 aliphatic carbocycles. The molecule has 126 valence electrons. The summed E-state index contributed by atoms with van der Waals surface area (Å²) >= 11 is 5.81. The van der Waals surface area contributed by atoms with Crippen molar-refractivity contribution in [3.63, 3.8) is 0 Å². The summed E-state index contributed by atoms with van der Waals surface area (Å²) in [6.07, 6.45) is 0.784. The molecule has 0 aromatic heterocycles. The second-order valence-electron chi connectivity index (χ2n) is 6.81. The second kappa shape index (κ2) is 6.04. The van der Waals surface area contributed by atoms with E-state index in [1.54, 1.807) is 30.9 Å². The highest BCUT2D eigenvalue weighted by atomic mass is 35.5. The Morgan fingerprint density at radius 2 is 2.17 bits per heavy atom. The Morgan fingerprint density at radius 3 is 2.83 bits per heavy atom. The van der Waals surface area contributed by atoms with Crippen LogP contribution in [0.3, 0.4) is 0 Å². The average Bonchev–Trinajstić information content (AvgIpc) is 2.93. The first-order valence-electron chi connectivity index (χ1n) is 7.81.